The van der Waals surface area contributed by atoms with Gasteiger partial charge in [-0.1, -0.05) is 30.7 Å². The van der Waals surface area contributed by atoms with E-state index in [2.05, 4.69) is 5.10 Å². The van der Waals surface area contributed by atoms with Crippen molar-refractivity contribution >= 4 is 23.4 Å². The van der Waals surface area contributed by atoms with Crippen molar-refractivity contribution in [2.75, 3.05) is 0 Å². The summed E-state index contributed by atoms with van der Waals surface area (Å²) in [5, 5.41) is 4.82. The van der Waals surface area contributed by atoms with Crippen LogP contribution < -0.4 is 5.73 Å². The second-order valence-corrected chi connectivity index (χ2v) is 5.92. The van der Waals surface area contributed by atoms with Gasteiger partial charge in [0.25, 0.3) is 0 Å². The third-order valence-electron chi connectivity index (χ3n) is 3.47. The van der Waals surface area contributed by atoms with Gasteiger partial charge in [-0.15, -0.1) is 0 Å². The Labute approximate surface area is 145 Å². The number of hydrogen-bond acceptors (Lipinski definition) is 5. The lowest BCUT2D eigenvalue weighted by molar-refractivity contribution is 0.0351. The number of esters is 1. The number of rotatable bonds is 6. The number of halogens is 1. The van der Waals surface area contributed by atoms with Crippen molar-refractivity contribution in [2.24, 2.45) is 12.8 Å². The average Bonchev–Trinajstić information content (AvgIpc) is 2.83. The van der Waals surface area contributed by atoms with E-state index in [0.29, 0.717) is 17.1 Å². The van der Waals surface area contributed by atoms with Crippen LogP contribution in [0.5, 0.6) is 0 Å². The molecular weight excluding hydrogens is 330 g/mol. The predicted molar refractivity (Wildman–Crippen MR) is 91.1 cm³/mol. The van der Waals surface area contributed by atoms with Crippen LogP contribution in [0.25, 0.3) is 0 Å². The number of aromatic nitrogens is 2. The Bertz CT molecular complexity index is 768. The first-order valence-electron chi connectivity index (χ1n) is 7.63. The van der Waals surface area contributed by atoms with Crippen molar-refractivity contribution in [3.63, 3.8) is 0 Å². The second-order valence-electron chi connectivity index (χ2n) is 5.49. The lowest BCUT2D eigenvalue weighted by Crippen LogP contribution is -2.25. The Morgan fingerprint density at radius 1 is 1.42 bits per heavy atom. The summed E-state index contributed by atoms with van der Waals surface area (Å²) in [6.07, 6.45) is -0.151. The van der Waals surface area contributed by atoms with Gasteiger partial charge in [-0.25, -0.2) is 4.79 Å². The molecule has 1 heterocycles. The van der Waals surface area contributed by atoms with Gasteiger partial charge in [0.15, 0.2) is 5.78 Å². The number of ketones is 1. The van der Waals surface area contributed by atoms with Gasteiger partial charge in [-0.2, -0.15) is 5.10 Å². The molecule has 128 valence electrons. The number of ether oxygens (including phenoxy) is 1. The molecule has 2 rings (SSSR count). The zero-order valence-corrected chi connectivity index (χ0v) is 14.6. The molecule has 0 aliphatic rings. The minimum Gasteiger partial charge on any atom is -0.443 e. The number of benzene rings is 1. The number of nitrogens with two attached hydrogens (primary N) is 1. The van der Waals surface area contributed by atoms with Crippen LogP contribution in [0.15, 0.2) is 24.3 Å². The summed E-state index contributed by atoms with van der Waals surface area (Å²) in [5.41, 5.74) is 7.20. The van der Waals surface area contributed by atoms with E-state index in [1.165, 1.54) is 4.68 Å². The van der Waals surface area contributed by atoms with Gasteiger partial charge in [0, 0.05) is 18.5 Å². The molecule has 0 spiro atoms. The molecule has 1 unspecified atom stereocenters. The molecule has 2 N–H and O–H groups in total. The molecule has 24 heavy (non-hydrogen) atoms. The van der Waals surface area contributed by atoms with E-state index in [4.69, 9.17) is 22.1 Å². The summed E-state index contributed by atoms with van der Waals surface area (Å²) >= 11 is 5.95. The maximum absolute atomic E-state index is 12.7. The number of aryl methyl sites for hydroxylation is 2. The lowest BCUT2D eigenvalue weighted by atomic mass is 10.0. The highest BCUT2D eigenvalue weighted by molar-refractivity contribution is 6.30. The zero-order chi connectivity index (χ0) is 17.9. The molecule has 0 saturated heterocycles. The minimum atomic E-state index is -0.765. The van der Waals surface area contributed by atoms with Crippen LogP contribution in [0.1, 0.15) is 46.0 Å². The number of hydrogen-bond donors (Lipinski definition) is 1. The zero-order valence-electron chi connectivity index (χ0n) is 13.9. The smallest absolute Gasteiger partial charge is 0.343 e. The van der Waals surface area contributed by atoms with Crippen molar-refractivity contribution in [2.45, 2.75) is 32.9 Å². The van der Waals surface area contributed by atoms with Crippen molar-refractivity contribution in [3.05, 3.63) is 51.8 Å². The number of Topliss-reactive ketones (excluding diaryl/α,β-unsaturated/α-hetero) is 1. The molecule has 6 nitrogen and oxygen atoms in total. The van der Waals surface area contributed by atoms with E-state index in [-0.39, 0.29) is 23.5 Å². The Hall–Kier alpha value is -2.18. The van der Waals surface area contributed by atoms with Gasteiger partial charge >= 0.3 is 5.97 Å². The van der Waals surface area contributed by atoms with Crippen LogP contribution in [0.2, 0.25) is 5.02 Å². The van der Waals surface area contributed by atoms with Gasteiger partial charge in [-0.3, -0.25) is 15.2 Å². The Morgan fingerprint density at radius 2 is 2.12 bits per heavy atom. The number of carbonyl (C=O) groups excluding carboxylic acids is 2. The molecule has 7 heteroatoms. The molecule has 0 aliphatic heterocycles. The highest BCUT2D eigenvalue weighted by atomic mass is 35.5. The number of carbonyl (C=O) groups is 2. The first-order valence-corrected chi connectivity index (χ1v) is 8.01. The fourth-order valence-electron chi connectivity index (χ4n) is 2.51. The van der Waals surface area contributed by atoms with Gasteiger partial charge in [-0.05, 0) is 31.0 Å². The minimum absolute atomic E-state index is 0.113. The summed E-state index contributed by atoms with van der Waals surface area (Å²) in [6.45, 7) is 3.41. The first-order chi connectivity index (χ1) is 11.3. The van der Waals surface area contributed by atoms with Crippen LogP contribution in [-0.2, 0) is 24.6 Å². The first kappa shape index (κ1) is 18.2. The molecule has 0 fully saturated rings. The molecule has 1 aromatic heterocycles. The average molecular weight is 350 g/mol. The quantitative estimate of drug-likeness (QED) is 0.492. The fourth-order valence-corrected chi connectivity index (χ4v) is 2.72. The van der Waals surface area contributed by atoms with Crippen LogP contribution >= 0.6 is 11.6 Å². The SMILES string of the molecule is CCc1nn(C)c(C(=O)Cc2cccc(Cl)c2)c1C(=O)OC(C)N. The third-order valence-corrected chi connectivity index (χ3v) is 3.70. The summed E-state index contributed by atoms with van der Waals surface area (Å²) < 4.78 is 6.48. The molecule has 1 atom stereocenters. The standard InChI is InChI=1S/C17H20ClN3O3/c1-4-13-15(17(23)24-10(2)19)16(21(3)20-13)14(22)9-11-6-5-7-12(18)8-11/h5-8,10H,4,9,19H2,1-3H3. The van der Waals surface area contributed by atoms with Gasteiger partial charge < -0.3 is 4.74 Å². The molecule has 0 radical (unpaired) electrons. The molecule has 0 bridgehead atoms. The molecule has 0 amide bonds. The van der Waals surface area contributed by atoms with Crippen molar-refractivity contribution in [3.8, 4) is 0 Å². The van der Waals surface area contributed by atoms with Crippen LogP contribution in [0, 0.1) is 0 Å². The van der Waals surface area contributed by atoms with Crippen LogP contribution in [0.4, 0.5) is 0 Å². The molecule has 0 saturated carbocycles. The summed E-state index contributed by atoms with van der Waals surface area (Å²) in [7, 11) is 1.63. The largest absolute Gasteiger partial charge is 0.443 e. The van der Waals surface area contributed by atoms with E-state index < -0.39 is 12.2 Å². The van der Waals surface area contributed by atoms with Gasteiger partial charge in [0.05, 0.1) is 5.69 Å². The highest BCUT2D eigenvalue weighted by Crippen LogP contribution is 2.20. The maximum atomic E-state index is 12.7. The van der Waals surface area contributed by atoms with Crippen LogP contribution in [-0.4, -0.2) is 27.8 Å². The van der Waals surface area contributed by atoms with E-state index >= 15 is 0 Å². The summed E-state index contributed by atoms with van der Waals surface area (Å²) in [4.78, 5) is 25.1. The summed E-state index contributed by atoms with van der Waals surface area (Å²) in [5.74, 6) is -0.868. The Balaban J connectivity index is 2.39. The van der Waals surface area contributed by atoms with Crippen molar-refractivity contribution < 1.29 is 14.3 Å². The fraction of sp³-hybridized carbons (Fsp3) is 0.353. The third kappa shape index (κ3) is 4.01. The second kappa shape index (κ2) is 7.59. The Kier molecular flexibility index (Phi) is 5.75. The lowest BCUT2D eigenvalue weighted by Gasteiger charge is -2.10. The Morgan fingerprint density at radius 3 is 2.71 bits per heavy atom. The van der Waals surface area contributed by atoms with Gasteiger partial charge in [0.2, 0.25) is 0 Å². The molecule has 0 aliphatic carbocycles. The summed E-state index contributed by atoms with van der Waals surface area (Å²) in [6, 6.07) is 7.04. The van der Waals surface area contributed by atoms with Crippen molar-refractivity contribution in [1.29, 1.82) is 0 Å². The molecule has 1 aromatic carbocycles. The molecular formula is C17H20ClN3O3. The van der Waals surface area contributed by atoms with E-state index in [0.717, 1.165) is 5.56 Å². The van der Waals surface area contributed by atoms with E-state index in [1.54, 1.807) is 38.2 Å². The van der Waals surface area contributed by atoms with Crippen LogP contribution in [0.3, 0.4) is 0 Å². The number of nitrogens with zero attached hydrogens (tertiary/aromatic N) is 2. The van der Waals surface area contributed by atoms with E-state index in [1.807, 2.05) is 6.92 Å². The topological polar surface area (TPSA) is 87.2 Å². The van der Waals surface area contributed by atoms with Crippen molar-refractivity contribution in [1.82, 2.24) is 9.78 Å². The predicted octanol–water partition coefficient (Wildman–Crippen LogP) is 2.52. The van der Waals surface area contributed by atoms with Gasteiger partial charge in [0.1, 0.15) is 17.5 Å². The van der Waals surface area contributed by atoms with E-state index in [9.17, 15) is 9.59 Å². The monoisotopic (exact) mass is 349 g/mol. The maximum Gasteiger partial charge on any atom is 0.343 e. The molecule has 2 aromatic rings. The normalized spacial score (nSPS) is 12.0. The highest BCUT2D eigenvalue weighted by Gasteiger charge is 2.28.